The molecule has 0 unspecified atom stereocenters. The Kier molecular flexibility index (Phi) is 4.21. The lowest BCUT2D eigenvalue weighted by molar-refractivity contribution is -0.137. The molecule has 4 heteroatoms. The lowest BCUT2D eigenvalue weighted by Crippen LogP contribution is -2.06. The molecular formula is C20H13F3O. The predicted octanol–water partition coefficient (Wildman–Crippen LogP) is 5.60. The van der Waals surface area contributed by atoms with Crippen LogP contribution >= 0.6 is 0 Å². The normalized spacial score (nSPS) is 11.3. The number of hydrogen-bond donors (Lipinski definition) is 0. The molecule has 0 radical (unpaired) electrons. The Hall–Kier alpha value is -2.88. The van der Waals surface area contributed by atoms with Crippen LogP contribution in [0.25, 0.3) is 11.1 Å². The molecule has 1 nitrogen and oxygen atoms in total. The Balaban J connectivity index is 2.09. The smallest absolute Gasteiger partial charge is 0.289 e. The lowest BCUT2D eigenvalue weighted by Gasteiger charge is -2.12. The third kappa shape index (κ3) is 3.23. The van der Waals surface area contributed by atoms with E-state index in [1.807, 2.05) is 0 Å². The molecule has 3 aromatic carbocycles. The molecule has 0 bridgehead atoms. The minimum Gasteiger partial charge on any atom is -0.289 e. The van der Waals surface area contributed by atoms with Crippen molar-refractivity contribution < 1.29 is 18.0 Å². The van der Waals surface area contributed by atoms with Gasteiger partial charge in [0.05, 0.1) is 5.56 Å². The minimum atomic E-state index is -4.42. The highest BCUT2D eigenvalue weighted by Crippen LogP contribution is 2.33. The molecule has 120 valence electrons. The quantitative estimate of drug-likeness (QED) is 0.572. The monoisotopic (exact) mass is 326 g/mol. The Labute approximate surface area is 137 Å². The Morgan fingerprint density at radius 2 is 1.42 bits per heavy atom. The van der Waals surface area contributed by atoms with Crippen LogP contribution in [-0.4, -0.2) is 5.78 Å². The Morgan fingerprint density at radius 1 is 0.750 bits per heavy atom. The molecule has 0 saturated heterocycles. The fraction of sp³-hybridized carbons (Fsp3) is 0.0500. The summed E-state index contributed by atoms with van der Waals surface area (Å²) in [5.41, 5.74) is 0.990. The number of benzene rings is 3. The van der Waals surface area contributed by atoms with Gasteiger partial charge < -0.3 is 0 Å². The fourth-order valence-electron chi connectivity index (χ4n) is 2.54. The van der Waals surface area contributed by atoms with Gasteiger partial charge in [-0.25, -0.2) is 0 Å². The molecule has 0 amide bonds. The van der Waals surface area contributed by atoms with Gasteiger partial charge in [-0.2, -0.15) is 13.2 Å². The van der Waals surface area contributed by atoms with Crippen molar-refractivity contribution in [2.45, 2.75) is 6.18 Å². The summed E-state index contributed by atoms with van der Waals surface area (Å²) in [6, 6.07) is 20.4. The van der Waals surface area contributed by atoms with Crippen LogP contribution in [0.5, 0.6) is 0 Å². The number of ketones is 1. The number of carbonyl (C=O) groups is 1. The third-order valence-electron chi connectivity index (χ3n) is 3.71. The first-order valence-corrected chi connectivity index (χ1v) is 7.33. The van der Waals surface area contributed by atoms with Crippen LogP contribution in [0.3, 0.4) is 0 Å². The highest BCUT2D eigenvalue weighted by Gasteiger charge is 2.30. The van der Waals surface area contributed by atoms with Gasteiger partial charge in [-0.3, -0.25) is 4.79 Å². The molecular weight excluding hydrogens is 313 g/mol. The maximum Gasteiger partial charge on any atom is 0.416 e. The summed E-state index contributed by atoms with van der Waals surface area (Å²) in [6.07, 6.45) is -4.42. The largest absolute Gasteiger partial charge is 0.416 e. The summed E-state index contributed by atoms with van der Waals surface area (Å²) in [7, 11) is 0. The maximum atomic E-state index is 12.9. The summed E-state index contributed by atoms with van der Waals surface area (Å²) >= 11 is 0. The summed E-state index contributed by atoms with van der Waals surface area (Å²) < 4.78 is 38.8. The van der Waals surface area contributed by atoms with E-state index in [4.69, 9.17) is 0 Å². The molecule has 0 aliphatic carbocycles. The molecule has 0 aliphatic rings. The highest BCUT2D eigenvalue weighted by atomic mass is 19.4. The van der Waals surface area contributed by atoms with Crippen molar-refractivity contribution >= 4 is 5.78 Å². The average molecular weight is 326 g/mol. The first-order valence-electron chi connectivity index (χ1n) is 7.33. The van der Waals surface area contributed by atoms with Gasteiger partial charge in [0.15, 0.2) is 5.78 Å². The van der Waals surface area contributed by atoms with E-state index >= 15 is 0 Å². The Morgan fingerprint density at radius 3 is 2.12 bits per heavy atom. The second-order valence-corrected chi connectivity index (χ2v) is 5.32. The van der Waals surface area contributed by atoms with Crippen molar-refractivity contribution in [3.05, 3.63) is 95.6 Å². The van der Waals surface area contributed by atoms with E-state index in [1.54, 1.807) is 60.7 Å². The van der Waals surface area contributed by atoms with Gasteiger partial charge in [0.1, 0.15) is 0 Å². The summed E-state index contributed by atoms with van der Waals surface area (Å²) in [4.78, 5) is 12.7. The van der Waals surface area contributed by atoms with E-state index in [1.165, 1.54) is 6.07 Å². The molecule has 0 spiro atoms. The SMILES string of the molecule is O=C(c1ccccc1)c1ccccc1-c1cccc(C(F)(F)F)c1. The number of hydrogen-bond acceptors (Lipinski definition) is 1. The fourth-order valence-corrected chi connectivity index (χ4v) is 2.54. The van der Waals surface area contributed by atoms with Gasteiger partial charge in [-0.15, -0.1) is 0 Å². The lowest BCUT2D eigenvalue weighted by atomic mass is 9.93. The van der Waals surface area contributed by atoms with E-state index in [0.717, 1.165) is 12.1 Å². The molecule has 3 rings (SSSR count). The predicted molar refractivity (Wildman–Crippen MR) is 86.8 cm³/mol. The van der Waals surface area contributed by atoms with E-state index in [0.29, 0.717) is 22.3 Å². The molecule has 0 atom stereocenters. The minimum absolute atomic E-state index is 0.219. The second-order valence-electron chi connectivity index (χ2n) is 5.32. The van der Waals surface area contributed by atoms with Gasteiger partial charge in [0.25, 0.3) is 0 Å². The summed E-state index contributed by atoms with van der Waals surface area (Å²) in [5, 5.41) is 0. The number of halogens is 3. The van der Waals surface area contributed by atoms with E-state index < -0.39 is 11.7 Å². The van der Waals surface area contributed by atoms with Gasteiger partial charge >= 0.3 is 6.18 Å². The standard InChI is InChI=1S/C20H13F3O/c21-20(22,23)16-10-6-9-15(13-16)17-11-4-5-12-18(17)19(24)14-7-2-1-3-8-14/h1-13H. The van der Waals surface area contributed by atoms with Crippen molar-refractivity contribution in [3.8, 4) is 11.1 Å². The van der Waals surface area contributed by atoms with Gasteiger partial charge in [-0.05, 0) is 23.3 Å². The topological polar surface area (TPSA) is 17.1 Å². The number of rotatable bonds is 3. The molecule has 0 fully saturated rings. The average Bonchev–Trinajstić information content (AvgIpc) is 2.61. The zero-order chi connectivity index (χ0) is 17.2. The molecule has 24 heavy (non-hydrogen) atoms. The molecule has 0 saturated carbocycles. The highest BCUT2D eigenvalue weighted by molar-refractivity contribution is 6.12. The zero-order valence-corrected chi connectivity index (χ0v) is 12.5. The van der Waals surface area contributed by atoms with E-state index in [-0.39, 0.29) is 5.78 Å². The zero-order valence-electron chi connectivity index (χ0n) is 12.5. The van der Waals surface area contributed by atoms with Gasteiger partial charge in [0, 0.05) is 11.1 Å². The molecule has 0 heterocycles. The van der Waals surface area contributed by atoms with Crippen molar-refractivity contribution in [3.63, 3.8) is 0 Å². The molecule has 0 aromatic heterocycles. The molecule has 0 N–H and O–H groups in total. The first kappa shape index (κ1) is 16.0. The number of carbonyl (C=O) groups excluding carboxylic acids is 1. The van der Waals surface area contributed by atoms with Crippen LogP contribution < -0.4 is 0 Å². The van der Waals surface area contributed by atoms with Crippen LogP contribution in [0, 0.1) is 0 Å². The van der Waals surface area contributed by atoms with Crippen LogP contribution in [0.4, 0.5) is 13.2 Å². The van der Waals surface area contributed by atoms with Crippen molar-refractivity contribution in [1.82, 2.24) is 0 Å². The molecule has 0 aliphatic heterocycles. The van der Waals surface area contributed by atoms with Gasteiger partial charge in [-0.1, -0.05) is 66.7 Å². The Bertz CT molecular complexity index is 867. The first-order chi connectivity index (χ1) is 11.5. The number of alkyl halides is 3. The maximum absolute atomic E-state index is 12.9. The van der Waals surface area contributed by atoms with Gasteiger partial charge in [0.2, 0.25) is 0 Å². The van der Waals surface area contributed by atoms with Crippen molar-refractivity contribution in [1.29, 1.82) is 0 Å². The van der Waals surface area contributed by atoms with E-state index in [2.05, 4.69) is 0 Å². The van der Waals surface area contributed by atoms with Crippen LogP contribution in [0.1, 0.15) is 21.5 Å². The summed E-state index contributed by atoms with van der Waals surface area (Å²) in [5.74, 6) is -0.219. The van der Waals surface area contributed by atoms with Crippen LogP contribution in [-0.2, 0) is 6.18 Å². The van der Waals surface area contributed by atoms with Crippen molar-refractivity contribution in [2.24, 2.45) is 0 Å². The van der Waals surface area contributed by atoms with Crippen molar-refractivity contribution in [2.75, 3.05) is 0 Å². The summed E-state index contributed by atoms with van der Waals surface area (Å²) in [6.45, 7) is 0. The van der Waals surface area contributed by atoms with Crippen LogP contribution in [0.2, 0.25) is 0 Å². The van der Waals surface area contributed by atoms with E-state index in [9.17, 15) is 18.0 Å². The molecule has 3 aromatic rings. The second kappa shape index (κ2) is 6.32. The van der Waals surface area contributed by atoms with Crippen LogP contribution in [0.15, 0.2) is 78.9 Å². The third-order valence-corrected chi connectivity index (χ3v) is 3.71.